The molecular weight excluding hydrogens is 354 g/mol. The zero-order valence-corrected chi connectivity index (χ0v) is 13.9. The highest BCUT2D eigenvalue weighted by Crippen LogP contribution is 2.27. The third kappa shape index (κ3) is 4.76. The zero-order valence-electron chi connectivity index (χ0n) is 11.6. The Balaban J connectivity index is 1.91. The van der Waals surface area contributed by atoms with Gasteiger partial charge >= 0.3 is 0 Å². The highest BCUT2D eigenvalue weighted by Gasteiger charge is 2.11. The third-order valence-electron chi connectivity index (χ3n) is 2.93. The fraction of sp³-hybridized carbons (Fsp3) is 0.188. The van der Waals surface area contributed by atoms with Gasteiger partial charge in [-0.15, -0.1) is 0 Å². The molecule has 0 aromatic heterocycles. The van der Waals surface area contributed by atoms with E-state index in [0.29, 0.717) is 17.3 Å². The normalized spacial score (nSPS) is 10.2. The molecule has 0 saturated carbocycles. The second-order valence-corrected chi connectivity index (χ2v) is 5.92. The maximum absolute atomic E-state index is 12.1. The van der Waals surface area contributed by atoms with Gasteiger partial charge in [0.1, 0.15) is 5.75 Å². The van der Waals surface area contributed by atoms with Crippen LogP contribution in [-0.4, -0.2) is 24.5 Å². The molecule has 0 aliphatic heterocycles. The smallest absolute Gasteiger partial charge is 0.260 e. The molecule has 0 radical (unpaired) electrons. The Morgan fingerprint density at radius 2 is 1.95 bits per heavy atom. The van der Waals surface area contributed by atoms with E-state index in [1.165, 1.54) is 0 Å². The Hall–Kier alpha value is -1.52. The number of ether oxygens (including phenoxy) is 1. The molecule has 3 nitrogen and oxygen atoms in total. The molecular formula is C16H15BrClNO2. The minimum Gasteiger partial charge on any atom is -0.482 e. The van der Waals surface area contributed by atoms with Crippen molar-refractivity contribution in [1.29, 1.82) is 0 Å². The fourth-order valence-corrected chi connectivity index (χ4v) is 2.30. The summed E-state index contributed by atoms with van der Waals surface area (Å²) in [5, 5.41) is 0.483. The first-order chi connectivity index (χ1) is 10.1. The van der Waals surface area contributed by atoms with Gasteiger partial charge in [0.2, 0.25) is 0 Å². The number of hydrogen-bond donors (Lipinski definition) is 0. The highest BCUT2D eigenvalue weighted by atomic mass is 79.9. The van der Waals surface area contributed by atoms with Crippen molar-refractivity contribution in [3.05, 3.63) is 63.6 Å². The minimum atomic E-state index is -0.102. The lowest BCUT2D eigenvalue weighted by atomic mass is 10.2. The number of likely N-dealkylation sites (N-methyl/N-ethyl adjacent to an activating group) is 1. The van der Waals surface area contributed by atoms with Crippen LogP contribution in [0.25, 0.3) is 0 Å². The van der Waals surface area contributed by atoms with Crippen molar-refractivity contribution < 1.29 is 9.53 Å². The van der Waals surface area contributed by atoms with Crippen LogP contribution in [-0.2, 0) is 11.3 Å². The topological polar surface area (TPSA) is 29.5 Å². The molecule has 2 aromatic carbocycles. The lowest BCUT2D eigenvalue weighted by Crippen LogP contribution is -2.30. The SMILES string of the molecule is CN(Cc1ccccc1)C(=O)COc1cc(Br)ccc1Cl. The highest BCUT2D eigenvalue weighted by molar-refractivity contribution is 9.10. The van der Waals surface area contributed by atoms with Crippen LogP contribution in [0.1, 0.15) is 5.56 Å². The van der Waals surface area contributed by atoms with Crippen molar-refractivity contribution in [2.45, 2.75) is 6.54 Å². The largest absolute Gasteiger partial charge is 0.482 e. The molecule has 0 aliphatic rings. The lowest BCUT2D eigenvalue weighted by Gasteiger charge is -2.18. The van der Waals surface area contributed by atoms with Crippen LogP contribution in [0.2, 0.25) is 5.02 Å². The lowest BCUT2D eigenvalue weighted by molar-refractivity contribution is -0.132. The van der Waals surface area contributed by atoms with Crippen molar-refractivity contribution in [3.63, 3.8) is 0 Å². The van der Waals surface area contributed by atoms with Gasteiger partial charge in [-0.25, -0.2) is 0 Å². The monoisotopic (exact) mass is 367 g/mol. The van der Waals surface area contributed by atoms with Gasteiger partial charge in [0, 0.05) is 18.1 Å². The second kappa shape index (κ2) is 7.48. The quantitative estimate of drug-likeness (QED) is 0.794. The number of carbonyl (C=O) groups excluding carboxylic acids is 1. The number of hydrogen-bond acceptors (Lipinski definition) is 2. The summed E-state index contributed by atoms with van der Waals surface area (Å²) in [6.45, 7) is 0.509. The Morgan fingerprint density at radius 3 is 2.67 bits per heavy atom. The summed E-state index contributed by atoms with van der Waals surface area (Å²) in [5.74, 6) is 0.391. The van der Waals surface area contributed by atoms with Gasteiger partial charge < -0.3 is 9.64 Å². The number of carbonyl (C=O) groups is 1. The van der Waals surface area contributed by atoms with Crippen molar-refractivity contribution in [3.8, 4) is 5.75 Å². The molecule has 0 unspecified atom stereocenters. The molecule has 0 atom stereocenters. The standard InChI is InChI=1S/C16H15BrClNO2/c1-19(10-12-5-3-2-4-6-12)16(20)11-21-15-9-13(17)7-8-14(15)18/h2-9H,10-11H2,1H3. The average Bonchev–Trinajstić information content (AvgIpc) is 2.49. The Bertz CT molecular complexity index is 619. The van der Waals surface area contributed by atoms with Crippen LogP contribution in [0.4, 0.5) is 0 Å². The van der Waals surface area contributed by atoms with Crippen LogP contribution in [0.5, 0.6) is 5.75 Å². The summed E-state index contributed by atoms with van der Waals surface area (Å²) in [5.41, 5.74) is 1.08. The van der Waals surface area contributed by atoms with Gasteiger partial charge in [0.25, 0.3) is 5.91 Å². The molecule has 0 saturated heterocycles. The maximum atomic E-state index is 12.1. The minimum absolute atomic E-state index is 0.0422. The third-order valence-corrected chi connectivity index (χ3v) is 3.74. The molecule has 2 rings (SSSR count). The first-order valence-corrected chi connectivity index (χ1v) is 7.59. The van der Waals surface area contributed by atoms with Crippen LogP contribution in [0, 0.1) is 0 Å². The Labute approximate surface area is 137 Å². The van der Waals surface area contributed by atoms with E-state index < -0.39 is 0 Å². The second-order valence-electron chi connectivity index (χ2n) is 4.60. The molecule has 5 heteroatoms. The Kier molecular flexibility index (Phi) is 5.65. The van der Waals surface area contributed by atoms with Crippen LogP contribution >= 0.6 is 27.5 Å². The summed E-state index contributed by atoms with van der Waals surface area (Å²) in [6.07, 6.45) is 0. The van der Waals surface area contributed by atoms with E-state index >= 15 is 0 Å². The molecule has 0 spiro atoms. The van der Waals surface area contributed by atoms with E-state index in [4.69, 9.17) is 16.3 Å². The first-order valence-electron chi connectivity index (χ1n) is 6.42. The van der Waals surface area contributed by atoms with E-state index in [2.05, 4.69) is 15.9 Å². The van der Waals surface area contributed by atoms with Crippen LogP contribution in [0.15, 0.2) is 53.0 Å². The molecule has 21 heavy (non-hydrogen) atoms. The number of halogens is 2. The van der Waals surface area contributed by atoms with Crippen molar-refractivity contribution in [2.24, 2.45) is 0 Å². The van der Waals surface area contributed by atoms with Crippen molar-refractivity contribution in [2.75, 3.05) is 13.7 Å². The maximum Gasteiger partial charge on any atom is 0.260 e. The zero-order chi connectivity index (χ0) is 15.2. The van der Waals surface area contributed by atoms with E-state index in [-0.39, 0.29) is 12.5 Å². The predicted octanol–water partition coefficient (Wildman–Crippen LogP) is 4.14. The van der Waals surface area contributed by atoms with Crippen LogP contribution < -0.4 is 4.74 Å². The Morgan fingerprint density at radius 1 is 1.24 bits per heavy atom. The summed E-state index contributed by atoms with van der Waals surface area (Å²) < 4.78 is 6.34. The van der Waals surface area contributed by atoms with Gasteiger partial charge in [-0.05, 0) is 23.8 Å². The van der Waals surface area contributed by atoms with Crippen LogP contribution in [0.3, 0.4) is 0 Å². The van der Waals surface area contributed by atoms with Crippen molar-refractivity contribution >= 4 is 33.4 Å². The molecule has 0 bridgehead atoms. The summed E-state index contributed by atoms with van der Waals surface area (Å²) >= 11 is 9.36. The molecule has 0 fully saturated rings. The molecule has 0 aliphatic carbocycles. The predicted molar refractivity (Wildman–Crippen MR) is 87.6 cm³/mol. The van der Waals surface area contributed by atoms with Gasteiger partial charge in [0.05, 0.1) is 5.02 Å². The number of rotatable bonds is 5. The van der Waals surface area contributed by atoms with E-state index in [9.17, 15) is 4.79 Å². The summed E-state index contributed by atoms with van der Waals surface area (Å²) in [6, 6.07) is 15.1. The summed E-state index contributed by atoms with van der Waals surface area (Å²) in [4.78, 5) is 13.7. The summed E-state index contributed by atoms with van der Waals surface area (Å²) in [7, 11) is 1.75. The number of benzene rings is 2. The van der Waals surface area contributed by atoms with Gasteiger partial charge in [-0.2, -0.15) is 0 Å². The molecule has 2 aromatic rings. The average molecular weight is 369 g/mol. The van der Waals surface area contributed by atoms with Gasteiger partial charge in [0.15, 0.2) is 6.61 Å². The molecule has 110 valence electrons. The molecule has 1 amide bonds. The van der Waals surface area contributed by atoms with E-state index in [1.807, 2.05) is 36.4 Å². The fourth-order valence-electron chi connectivity index (χ4n) is 1.78. The van der Waals surface area contributed by atoms with Crippen molar-refractivity contribution in [1.82, 2.24) is 4.90 Å². The number of nitrogens with zero attached hydrogens (tertiary/aromatic N) is 1. The van der Waals surface area contributed by atoms with E-state index in [1.54, 1.807) is 24.1 Å². The van der Waals surface area contributed by atoms with Gasteiger partial charge in [-0.3, -0.25) is 4.79 Å². The molecule has 0 N–H and O–H groups in total. The molecule has 0 heterocycles. The van der Waals surface area contributed by atoms with Gasteiger partial charge in [-0.1, -0.05) is 57.9 Å². The number of amides is 1. The van der Waals surface area contributed by atoms with E-state index in [0.717, 1.165) is 10.0 Å². The first kappa shape index (κ1) is 15.9.